The molecule has 0 saturated heterocycles. The van der Waals surface area contributed by atoms with Crippen molar-refractivity contribution in [3.8, 4) is 17.2 Å². The van der Waals surface area contributed by atoms with E-state index in [0.717, 1.165) is 28.5 Å². The Balaban J connectivity index is 1.83. The van der Waals surface area contributed by atoms with Crippen molar-refractivity contribution in [2.24, 2.45) is 0 Å². The first-order valence-corrected chi connectivity index (χ1v) is 6.98. The molecular formula is C17H19NO3. The lowest BCUT2D eigenvalue weighted by Crippen LogP contribution is -2.08. The lowest BCUT2D eigenvalue weighted by Gasteiger charge is -2.19. The molecule has 1 aliphatic rings. The van der Waals surface area contributed by atoms with Gasteiger partial charge in [0.25, 0.3) is 0 Å². The molecule has 0 spiro atoms. The number of methoxy groups -OCH3 is 1. The van der Waals surface area contributed by atoms with Gasteiger partial charge in [-0.05, 0) is 32.0 Å². The first kappa shape index (κ1) is 13.6. The average Bonchev–Trinajstić information content (AvgIpc) is 2.94. The van der Waals surface area contributed by atoms with E-state index >= 15 is 0 Å². The maximum absolute atomic E-state index is 5.45. The molecule has 1 atom stereocenters. The van der Waals surface area contributed by atoms with Crippen molar-refractivity contribution in [1.29, 1.82) is 0 Å². The smallest absolute Gasteiger partial charge is 0.231 e. The maximum atomic E-state index is 5.45. The predicted octanol–water partition coefficient (Wildman–Crippen LogP) is 3.91. The summed E-state index contributed by atoms with van der Waals surface area (Å²) in [6.45, 7) is 4.48. The van der Waals surface area contributed by atoms with E-state index in [4.69, 9.17) is 14.2 Å². The molecule has 0 fully saturated rings. The quantitative estimate of drug-likeness (QED) is 0.924. The SMILES string of the molecule is COc1ccc(C)cc1C(C)Nc1ccc2c(c1)OCO2. The molecule has 3 rings (SSSR count). The summed E-state index contributed by atoms with van der Waals surface area (Å²) in [4.78, 5) is 0. The Morgan fingerprint density at radius 1 is 1.10 bits per heavy atom. The minimum Gasteiger partial charge on any atom is -0.496 e. The Hall–Kier alpha value is -2.36. The number of hydrogen-bond acceptors (Lipinski definition) is 4. The highest BCUT2D eigenvalue weighted by molar-refractivity contribution is 5.57. The first-order valence-electron chi connectivity index (χ1n) is 6.98. The third-order valence-electron chi connectivity index (χ3n) is 3.61. The highest BCUT2D eigenvalue weighted by Crippen LogP contribution is 2.36. The van der Waals surface area contributed by atoms with E-state index in [-0.39, 0.29) is 6.04 Å². The molecule has 0 aliphatic carbocycles. The van der Waals surface area contributed by atoms with Crippen molar-refractivity contribution < 1.29 is 14.2 Å². The summed E-state index contributed by atoms with van der Waals surface area (Å²) in [5, 5.41) is 3.47. The Kier molecular flexibility index (Phi) is 3.60. The molecule has 2 aromatic rings. The van der Waals surface area contributed by atoms with E-state index in [0.29, 0.717) is 6.79 Å². The molecule has 0 radical (unpaired) electrons. The van der Waals surface area contributed by atoms with Crippen LogP contribution in [0, 0.1) is 6.92 Å². The van der Waals surface area contributed by atoms with E-state index in [1.807, 2.05) is 24.3 Å². The number of aryl methyl sites for hydroxylation is 1. The number of nitrogens with one attached hydrogen (secondary N) is 1. The van der Waals surface area contributed by atoms with Gasteiger partial charge in [-0.25, -0.2) is 0 Å². The molecule has 4 nitrogen and oxygen atoms in total. The first-order chi connectivity index (χ1) is 10.2. The number of fused-ring (bicyclic) bond motifs is 1. The molecule has 2 aromatic carbocycles. The highest BCUT2D eigenvalue weighted by Gasteiger charge is 2.16. The standard InChI is InChI=1S/C17H19NO3/c1-11-4-6-15(19-3)14(8-11)12(2)18-13-5-7-16-17(9-13)21-10-20-16/h4-9,12,18H,10H2,1-3H3. The third-order valence-corrected chi connectivity index (χ3v) is 3.61. The summed E-state index contributed by atoms with van der Waals surface area (Å²) in [6, 6.07) is 12.2. The van der Waals surface area contributed by atoms with E-state index in [1.54, 1.807) is 7.11 Å². The summed E-state index contributed by atoms with van der Waals surface area (Å²) in [7, 11) is 1.70. The Labute approximate surface area is 124 Å². The van der Waals surface area contributed by atoms with Crippen molar-refractivity contribution in [2.75, 3.05) is 19.2 Å². The summed E-state index contributed by atoms with van der Waals surface area (Å²) >= 11 is 0. The van der Waals surface area contributed by atoms with Crippen LogP contribution in [0.5, 0.6) is 17.2 Å². The predicted molar refractivity (Wildman–Crippen MR) is 82.3 cm³/mol. The van der Waals surface area contributed by atoms with Gasteiger partial charge < -0.3 is 19.5 Å². The van der Waals surface area contributed by atoms with Crippen LogP contribution >= 0.6 is 0 Å². The number of ether oxygens (including phenoxy) is 3. The van der Waals surface area contributed by atoms with Gasteiger partial charge in [0.15, 0.2) is 11.5 Å². The molecule has 1 heterocycles. The van der Waals surface area contributed by atoms with Gasteiger partial charge in [0, 0.05) is 17.3 Å². The van der Waals surface area contributed by atoms with Crippen molar-refractivity contribution in [3.05, 3.63) is 47.5 Å². The molecule has 1 aliphatic heterocycles. The second kappa shape index (κ2) is 5.56. The van der Waals surface area contributed by atoms with Crippen LogP contribution in [0.25, 0.3) is 0 Å². The Bertz CT molecular complexity index is 654. The zero-order chi connectivity index (χ0) is 14.8. The zero-order valence-electron chi connectivity index (χ0n) is 12.5. The summed E-state index contributed by atoms with van der Waals surface area (Å²) in [5.41, 5.74) is 3.34. The molecular weight excluding hydrogens is 266 g/mol. The van der Waals surface area contributed by atoms with Gasteiger partial charge in [-0.15, -0.1) is 0 Å². The van der Waals surface area contributed by atoms with Gasteiger partial charge in [0.05, 0.1) is 13.2 Å². The third kappa shape index (κ3) is 2.75. The largest absolute Gasteiger partial charge is 0.496 e. The number of benzene rings is 2. The minimum absolute atomic E-state index is 0.125. The maximum Gasteiger partial charge on any atom is 0.231 e. The lowest BCUT2D eigenvalue weighted by molar-refractivity contribution is 0.174. The Morgan fingerprint density at radius 3 is 2.71 bits per heavy atom. The van der Waals surface area contributed by atoms with Gasteiger partial charge in [-0.2, -0.15) is 0 Å². The molecule has 1 N–H and O–H groups in total. The fourth-order valence-corrected chi connectivity index (χ4v) is 2.51. The van der Waals surface area contributed by atoms with E-state index in [2.05, 4.69) is 31.3 Å². The van der Waals surface area contributed by atoms with Crippen LogP contribution in [-0.2, 0) is 0 Å². The van der Waals surface area contributed by atoms with Gasteiger partial charge in [-0.3, -0.25) is 0 Å². The van der Waals surface area contributed by atoms with Crippen LogP contribution in [0.2, 0.25) is 0 Å². The van der Waals surface area contributed by atoms with Crippen LogP contribution in [0.1, 0.15) is 24.1 Å². The molecule has 0 saturated carbocycles. The normalized spacial score (nSPS) is 13.9. The zero-order valence-corrected chi connectivity index (χ0v) is 12.5. The molecule has 0 amide bonds. The van der Waals surface area contributed by atoms with Gasteiger partial charge >= 0.3 is 0 Å². The van der Waals surface area contributed by atoms with Crippen molar-refractivity contribution in [3.63, 3.8) is 0 Å². The van der Waals surface area contributed by atoms with Gasteiger partial charge in [0.1, 0.15) is 5.75 Å². The second-order valence-electron chi connectivity index (χ2n) is 5.18. The fraction of sp³-hybridized carbons (Fsp3) is 0.294. The van der Waals surface area contributed by atoms with E-state index < -0.39 is 0 Å². The summed E-state index contributed by atoms with van der Waals surface area (Å²) < 4.78 is 16.2. The van der Waals surface area contributed by atoms with Crippen molar-refractivity contribution in [1.82, 2.24) is 0 Å². The monoisotopic (exact) mass is 285 g/mol. The average molecular weight is 285 g/mol. The van der Waals surface area contributed by atoms with Gasteiger partial charge in [0.2, 0.25) is 6.79 Å². The molecule has 4 heteroatoms. The van der Waals surface area contributed by atoms with Crippen LogP contribution in [0.3, 0.4) is 0 Å². The second-order valence-corrected chi connectivity index (χ2v) is 5.18. The van der Waals surface area contributed by atoms with E-state index in [9.17, 15) is 0 Å². The minimum atomic E-state index is 0.125. The van der Waals surface area contributed by atoms with Crippen LogP contribution in [0.4, 0.5) is 5.69 Å². The van der Waals surface area contributed by atoms with Crippen LogP contribution in [0.15, 0.2) is 36.4 Å². The number of rotatable bonds is 4. The number of anilines is 1. The summed E-state index contributed by atoms with van der Waals surface area (Å²) in [6.07, 6.45) is 0. The van der Waals surface area contributed by atoms with Crippen molar-refractivity contribution in [2.45, 2.75) is 19.9 Å². The molecule has 0 aromatic heterocycles. The van der Waals surface area contributed by atoms with E-state index in [1.165, 1.54) is 5.56 Å². The number of hydrogen-bond donors (Lipinski definition) is 1. The Morgan fingerprint density at radius 2 is 1.90 bits per heavy atom. The van der Waals surface area contributed by atoms with Crippen molar-refractivity contribution >= 4 is 5.69 Å². The topological polar surface area (TPSA) is 39.7 Å². The highest BCUT2D eigenvalue weighted by atomic mass is 16.7. The molecule has 0 bridgehead atoms. The fourth-order valence-electron chi connectivity index (χ4n) is 2.51. The molecule has 21 heavy (non-hydrogen) atoms. The summed E-state index contributed by atoms with van der Waals surface area (Å²) in [5.74, 6) is 2.46. The van der Waals surface area contributed by atoms with Crippen LogP contribution in [-0.4, -0.2) is 13.9 Å². The van der Waals surface area contributed by atoms with Crippen LogP contribution < -0.4 is 19.5 Å². The van der Waals surface area contributed by atoms with Gasteiger partial charge in [-0.1, -0.05) is 17.7 Å². The molecule has 1 unspecified atom stereocenters. The molecule has 110 valence electrons. The lowest BCUT2D eigenvalue weighted by atomic mass is 10.0.